The number of carbonyl (C=O) groups excluding carboxylic acids is 1. The van der Waals surface area contributed by atoms with Crippen molar-refractivity contribution >= 4 is 17.6 Å². The minimum absolute atomic E-state index is 0.0408. The molecule has 3 N–H and O–H groups in total. The molecule has 0 saturated heterocycles. The number of pyridine rings is 1. The lowest BCUT2D eigenvalue weighted by atomic mass is 10.0. The minimum atomic E-state index is -1.16. The number of carboxylic acids is 1. The SMILES string of the molecule is O=C(Nc1cc(-c2ccccc2)ccc1C(=O)O)c1ccc(-c2ccncc2)cc1O. The number of carbonyl (C=O) groups is 2. The van der Waals surface area contributed by atoms with Crippen LogP contribution in [0.5, 0.6) is 5.75 Å². The van der Waals surface area contributed by atoms with Gasteiger partial charge in [0.05, 0.1) is 16.8 Å². The summed E-state index contributed by atoms with van der Waals surface area (Å²) in [7, 11) is 0. The van der Waals surface area contributed by atoms with Crippen molar-refractivity contribution < 1.29 is 19.8 Å². The quantitative estimate of drug-likeness (QED) is 0.426. The summed E-state index contributed by atoms with van der Waals surface area (Å²) < 4.78 is 0. The van der Waals surface area contributed by atoms with Crippen molar-refractivity contribution in [2.24, 2.45) is 0 Å². The van der Waals surface area contributed by atoms with Gasteiger partial charge < -0.3 is 15.5 Å². The zero-order valence-corrected chi connectivity index (χ0v) is 16.3. The van der Waals surface area contributed by atoms with Crippen LogP contribution in [0.3, 0.4) is 0 Å². The van der Waals surface area contributed by atoms with E-state index in [0.29, 0.717) is 0 Å². The fraction of sp³-hybridized carbons (Fsp3) is 0. The number of hydrogen-bond donors (Lipinski definition) is 3. The Morgan fingerprint density at radius 3 is 1.97 bits per heavy atom. The van der Waals surface area contributed by atoms with Gasteiger partial charge >= 0.3 is 5.97 Å². The smallest absolute Gasteiger partial charge is 0.337 e. The van der Waals surface area contributed by atoms with Gasteiger partial charge in [-0.2, -0.15) is 0 Å². The summed E-state index contributed by atoms with van der Waals surface area (Å²) in [5.41, 5.74) is 3.38. The number of rotatable bonds is 5. The van der Waals surface area contributed by atoms with Crippen LogP contribution in [0.1, 0.15) is 20.7 Å². The van der Waals surface area contributed by atoms with Crippen molar-refractivity contribution in [1.29, 1.82) is 0 Å². The molecule has 4 rings (SSSR count). The molecule has 0 atom stereocenters. The van der Waals surface area contributed by atoms with Crippen LogP contribution in [-0.2, 0) is 0 Å². The molecule has 1 aromatic heterocycles. The molecule has 1 heterocycles. The largest absolute Gasteiger partial charge is 0.507 e. The molecular weight excluding hydrogens is 392 g/mol. The Morgan fingerprint density at radius 1 is 0.710 bits per heavy atom. The molecule has 0 spiro atoms. The summed E-state index contributed by atoms with van der Waals surface area (Å²) in [5, 5.41) is 22.6. The van der Waals surface area contributed by atoms with Crippen molar-refractivity contribution in [1.82, 2.24) is 4.98 Å². The molecule has 0 fully saturated rings. The summed E-state index contributed by atoms with van der Waals surface area (Å²) in [6.07, 6.45) is 3.28. The maximum atomic E-state index is 12.8. The van der Waals surface area contributed by atoms with Crippen molar-refractivity contribution in [3.8, 4) is 28.0 Å². The van der Waals surface area contributed by atoms with E-state index < -0.39 is 11.9 Å². The zero-order chi connectivity index (χ0) is 21.8. The summed E-state index contributed by atoms with van der Waals surface area (Å²) in [5.74, 6) is -1.97. The van der Waals surface area contributed by atoms with Gasteiger partial charge in [0, 0.05) is 12.4 Å². The van der Waals surface area contributed by atoms with Crippen molar-refractivity contribution in [2.75, 3.05) is 5.32 Å². The lowest BCUT2D eigenvalue weighted by molar-refractivity contribution is 0.0698. The lowest BCUT2D eigenvalue weighted by Crippen LogP contribution is -2.15. The van der Waals surface area contributed by atoms with Crippen LogP contribution in [0.15, 0.2) is 91.3 Å². The molecule has 1 amide bonds. The van der Waals surface area contributed by atoms with E-state index in [9.17, 15) is 19.8 Å². The molecule has 3 aromatic carbocycles. The Kier molecular flexibility index (Phi) is 5.45. The first-order valence-electron chi connectivity index (χ1n) is 9.50. The number of hydrogen-bond acceptors (Lipinski definition) is 4. The molecule has 0 unspecified atom stereocenters. The molecule has 0 saturated carbocycles. The van der Waals surface area contributed by atoms with E-state index in [4.69, 9.17) is 0 Å². The number of benzene rings is 3. The Labute approximate surface area is 178 Å². The van der Waals surface area contributed by atoms with E-state index in [2.05, 4.69) is 10.3 Å². The van der Waals surface area contributed by atoms with Crippen LogP contribution in [0, 0.1) is 0 Å². The number of carboxylic acid groups (broad SMARTS) is 1. The fourth-order valence-electron chi connectivity index (χ4n) is 3.28. The van der Waals surface area contributed by atoms with Gasteiger partial charge in [-0.1, -0.05) is 42.5 Å². The third-order valence-electron chi connectivity index (χ3n) is 4.86. The van der Waals surface area contributed by atoms with Crippen LogP contribution in [-0.4, -0.2) is 27.1 Å². The second-order valence-electron chi connectivity index (χ2n) is 6.85. The molecule has 31 heavy (non-hydrogen) atoms. The molecule has 0 aliphatic rings. The van der Waals surface area contributed by atoms with E-state index in [1.54, 1.807) is 42.7 Å². The number of amides is 1. The fourth-order valence-corrected chi connectivity index (χ4v) is 3.28. The van der Waals surface area contributed by atoms with Gasteiger partial charge in [0.1, 0.15) is 5.75 Å². The Balaban J connectivity index is 1.65. The highest BCUT2D eigenvalue weighted by Gasteiger charge is 2.17. The number of phenolic OH excluding ortho intramolecular Hbond substituents is 1. The van der Waals surface area contributed by atoms with Gasteiger partial charge in [0.2, 0.25) is 0 Å². The van der Waals surface area contributed by atoms with Crippen LogP contribution < -0.4 is 5.32 Å². The van der Waals surface area contributed by atoms with E-state index in [0.717, 1.165) is 22.3 Å². The number of phenols is 1. The number of nitrogens with zero attached hydrogens (tertiary/aromatic N) is 1. The van der Waals surface area contributed by atoms with Crippen LogP contribution in [0.4, 0.5) is 5.69 Å². The number of aromatic hydroxyl groups is 1. The highest BCUT2D eigenvalue weighted by Crippen LogP contribution is 2.29. The average Bonchev–Trinajstić information content (AvgIpc) is 2.80. The molecule has 6 heteroatoms. The van der Waals surface area contributed by atoms with E-state index in [1.165, 1.54) is 18.2 Å². The van der Waals surface area contributed by atoms with E-state index in [-0.39, 0.29) is 22.6 Å². The third-order valence-corrected chi connectivity index (χ3v) is 4.86. The highest BCUT2D eigenvalue weighted by molar-refractivity contribution is 6.09. The van der Waals surface area contributed by atoms with Gasteiger partial charge in [-0.05, 0) is 58.7 Å². The molecule has 4 aromatic rings. The van der Waals surface area contributed by atoms with Crippen molar-refractivity contribution in [3.63, 3.8) is 0 Å². The Hall–Kier alpha value is -4.45. The highest BCUT2D eigenvalue weighted by atomic mass is 16.4. The van der Waals surface area contributed by atoms with Gasteiger partial charge in [-0.3, -0.25) is 9.78 Å². The number of anilines is 1. The standard InChI is InChI=1S/C25H18N2O4/c28-23-15-19(17-10-12-26-13-11-17)7-9-21(23)24(29)27-22-14-18(6-8-20(22)25(30)31)16-4-2-1-3-5-16/h1-15,28H,(H,27,29)(H,30,31). The molecule has 0 radical (unpaired) electrons. The first kappa shape index (κ1) is 19.8. The molecule has 0 aliphatic carbocycles. The lowest BCUT2D eigenvalue weighted by Gasteiger charge is -2.12. The monoisotopic (exact) mass is 410 g/mol. The zero-order valence-electron chi connectivity index (χ0n) is 16.3. The average molecular weight is 410 g/mol. The predicted molar refractivity (Wildman–Crippen MR) is 118 cm³/mol. The molecule has 6 nitrogen and oxygen atoms in total. The van der Waals surface area contributed by atoms with E-state index >= 15 is 0 Å². The minimum Gasteiger partial charge on any atom is -0.507 e. The maximum Gasteiger partial charge on any atom is 0.337 e. The first-order chi connectivity index (χ1) is 15.0. The van der Waals surface area contributed by atoms with E-state index in [1.807, 2.05) is 30.3 Å². The summed E-state index contributed by atoms with van der Waals surface area (Å²) >= 11 is 0. The first-order valence-corrected chi connectivity index (χ1v) is 9.50. The van der Waals surface area contributed by atoms with Crippen LogP contribution in [0.2, 0.25) is 0 Å². The van der Waals surface area contributed by atoms with Crippen LogP contribution in [0.25, 0.3) is 22.3 Å². The number of aromatic carboxylic acids is 1. The van der Waals surface area contributed by atoms with Crippen molar-refractivity contribution in [3.05, 3.63) is 102 Å². The Bertz CT molecular complexity index is 1260. The molecule has 0 bridgehead atoms. The van der Waals surface area contributed by atoms with Crippen LogP contribution >= 0.6 is 0 Å². The second kappa shape index (κ2) is 8.51. The molecular formula is C25H18N2O4. The topological polar surface area (TPSA) is 99.5 Å². The van der Waals surface area contributed by atoms with Gasteiger partial charge in [-0.25, -0.2) is 4.79 Å². The number of aromatic nitrogens is 1. The third kappa shape index (κ3) is 4.28. The van der Waals surface area contributed by atoms with Crippen molar-refractivity contribution in [2.45, 2.75) is 0 Å². The van der Waals surface area contributed by atoms with Gasteiger partial charge in [0.15, 0.2) is 0 Å². The summed E-state index contributed by atoms with van der Waals surface area (Å²) in [6.45, 7) is 0. The van der Waals surface area contributed by atoms with Gasteiger partial charge in [-0.15, -0.1) is 0 Å². The summed E-state index contributed by atoms with van der Waals surface area (Å²) in [6, 6.07) is 22.5. The Morgan fingerprint density at radius 2 is 1.32 bits per heavy atom. The normalized spacial score (nSPS) is 10.5. The molecule has 152 valence electrons. The predicted octanol–water partition coefficient (Wildman–Crippen LogP) is 5.07. The maximum absolute atomic E-state index is 12.8. The van der Waals surface area contributed by atoms with Gasteiger partial charge in [0.25, 0.3) is 5.91 Å². The molecule has 0 aliphatic heterocycles. The number of nitrogens with one attached hydrogen (secondary N) is 1. The second-order valence-corrected chi connectivity index (χ2v) is 6.85. The summed E-state index contributed by atoms with van der Waals surface area (Å²) in [4.78, 5) is 28.4.